The van der Waals surface area contributed by atoms with Gasteiger partial charge in [-0.05, 0) is 42.5 Å². The van der Waals surface area contributed by atoms with Crippen molar-refractivity contribution < 1.29 is 17.2 Å². The van der Waals surface area contributed by atoms with Crippen molar-refractivity contribution in [1.82, 2.24) is 14.5 Å². The maximum Gasteiger partial charge on any atom is 0.257 e. The van der Waals surface area contributed by atoms with Gasteiger partial charge < -0.3 is 4.42 Å². The minimum absolute atomic E-state index is 0.0389. The second kappa shape index (κ2) is 6.90. The number of halogens is 1. The summed E-state index contributed by atoms with van der Waals surface area (Å²) in [7, 11) is -3.76. The molecule has 0 spiro atoms. The number of piperidine rings is 1. The Labute approximate surface area is 154 Å². The van der Waals surface area contributed by atoms with E-state index in [1.807, 2.05) is 17.5 Å². The normalized spacial score (nSPS) is 18.9. The molecule has 9 heteroatoms. The van der Waals surface area contributed by atoms with Gasteiger partial charge in [-0.15, -0.1) is 21.5 Å². The lowest BCUT2D eigenvalue weighted by molar-refractivity contribution is 0.286. The van der Waals surface area contributed by atoms with Gasteiger partial charge in [0.2, 0.25) is 15.9 Å². The van der Waals surface area contributed by atoms with Crippen LogP contribution in [0.3, 0.4) is 0 Å². The maximum absolute atomic E-state index is 13.4. The van der Waals surface area contributed by atoms with E-state index < -0.39 is 15.8 Å². The van der Waals surface area contributed by atoms with Crippen LogP contribution in [0.15, 0.2) is 51.1 Å². The highest BCUT2D eigenvalue weighted by Crippen LogP contribution is 2.32. The van der Waals surface area contributed by atoms with E-state index in [0.717, 1.165) is 17.4 Å². The molecule has 3 heterocycles. The molecule has 1 atom stereocenters. The summed E-state index contributed by atoms with van der Waals surface area (Å²) in [5.41, 5.74) is 0. The van der Waals surface area contributed by atoms with E-state index in [9.17, 15) is 12.8 Å². The van der Waals surface area contributed by atoms with Crippen LogP contribution in [0, 0.1) is 5.82 Å². The molecule has 0 unspecified atom stereocenters. The third-order valence-electron chi connectivity index (χ3n) is 4.34. The van der Waals surface area contributed by atoms with Crippen molar-refractivity contribution in [3.05, 3.63) is 53.5 Å². The van der Waals surface area contributed by atoms with Crippen LogP contribution < -0.4 is 0 Å². The van der Waals surface area contributed by atoms with E-state index in [1.165, 1.54) is 33.8 Å². The molecule has 1 aromatic carbocycles. The molecule has 1 aliphatic heterocycles. The van der Waals surface area contributed by atoms with Gasteiger partial charge in [0, 0.05) is 13.1 Å². The fourth-order valence-corrected chi connectivity index (χ4v) is 5.24. The molecule has 6 nitrogen and oxygen atoms in total. The first-order valence-electron chi connectivity index (χ1n) is 8.17. The third-order valence-corrected chi connectivity index (χ3v) is 7.06. The fraction of sp³-hybridized carbons (Fsp3) is 0.294. The van der Waals surface area contributed by atoms with Gasteiger partial charge in [0.05, 0.1) is 15.7 Å². The molecule has 1 aliphatic rings. The first kappa shape index (κ1) is 17.3. The number of thiophene rings is 1. The van der Waals surface area contributed by atoms with E-state index in [2.05, 4.69) is 10.2 Å². The van der Waals surface area contributed by atoms with Crippen LogP contribution in [-0.2, 0) is 10.0 Å². The summed E-state index contributed by atoms with van der Waals surface area (Å²) in [6.45, 7) is 0.631. The average molecular weight is 393 g/mol. The van der Waals surface area contributed by atoms with Crippen LogP contribution in [0.4, 0.5) is 4.39 Å². The Morgan fingerprint density at radius 2 is 2.12 bits per heavy atom. The zero-order valence-corrected chi connectivity index (χ0v) is 15.3. The molecule has 26 heavy (non-hydrogen) atoms. The van der Waals surface area contributed by atoms with Crippen molar-refractivity contribution in [3.8, 4) is 10.8 Å². The topological polar surface area (TPSA) is 76.3 Å². The highest BCUT2D eigenvalue weighted by molar-refractivity contribution is 7.89. The number of hydrogen-bond acceptors (Lipinski definition) is 6. The van der Waals surface area contributed by atoms with Crippen LogP contribution in [-0.4, -0.2) is 36.0 Å². The van der Waals surface area contributed by atoms with Gasteiger partial charge in [-0.3, -0.25) is 0 Å². The predicted octanol–water partition coefficient (Wildman–Crippen LogP) is 3.51. The highest BCUT2D eigenvalue weighted by atomic mass is 32.2. The molecule has 1 saturated heterocycles. The van der Waals surface area contributed by atoms with Crippen molar-refractivity contribution >= 4 is 21.4 Å². The van der Waals surface area contributed by atoms with Gasteiger partial charge >= 0.3 is 0 Å². The standard InChI is InChI=1S/C17H16FN3O3S2/c18-13-5-1-6-14(10-13)26(22,23)21-8-2-4-12(11-21)16-19-20-17(24-16)15-7-3-9-25-15/h1,3,5-7,9-10,12H,2,4,8,11H2/t12-/m1/s1. The monoisotopic (exact) mass is 393 g/mol. The summed E-state index contributed by atoms with van der Waals surface area (Å²) in [6, 6.07) is 8.86. The van der Waals surface area contributed by atoms with E-state index in [0.29, 0.717) is 24.7 Å². The van der Waals surface area contributed by atoms with Crippen LogP contribution in [0.5, 0.6) is 0 Å². The van der Waals surface area contributed by atoms with E-state index >= 15 is 0 Å². The van der Waals surface area contributed by atoms with Gasteiger partial charge in [-0.1, -0.05) is 12.1 Å². The number of rotatable bonds is 4. The smallest absolute Gasteiger partial charge is 0.257 e. The minimum Gasteiger partial charge on any atom is -0.420 e. The lowest BCUT2D eigenvalue weighted by Gasteiger charge is -2.30. The van der Waals surface area contributed by atoms with Gasteiger partial charge in [-0.25, -0.2) is 12.8 Å². The Balaban J connectivity index is 1.56. The van der Waals surface area contributed by atoms with Crippen molar-refractivity contribution in [2.24, 2.45) is 0 Å². The Bertz CT molecular complexity index is 1000. The Hall–Kier alpha value is -2.10. The molecule has 0 aliphatic carbocycles. The first-order valence-corrected chi connectivity index (χ1v) is 10.5. The minimum atomic E-state index is -3.76. The molecule has 0 amide bonds. The lowest BCUT2D eigenvalue weighted by Crippen LogP contribution is -2.39. The van der Waals surface area contributed by atoms with E-state index in [1.54, 1.807) is 0 Å². The molecule has 0 bridgehead atoms. The van der Waals surface area contributed by atoms with E-state index in [4.69, 9.17) is 4.42 Å². The summed E-state index contributed by atoms with van der Waals surface area (Å²) in [5, 5.41) is 10.1. The van der Waals surface area contributed by atoms with Crippen molar-refractivity contribution in [1.29, 1.82) is 0 Å². The Morgan fingerprint density at radius 1 is 1.23 bits per heavy atom. The Morgan fingerprint density at radius 3 is 2.88 bits per heavy atom. The Kier molecular flexibility index (Phi) is 4.60. The zero-order chi connectivity index (χ0) is 18.1. The van der Waals surface area contributed by atoms with Gasteiger partial charge in [-0.2, -0.15) is 4.31 Å². The SMILES string of the molecule is O=S(=O)(c1cccc(F)c1)N1CCC[C@@H](c2nnc(-c3cccs3)o2)C1. The molecule has 0 radical (unpaired) electrons. The largest absolute Gasteiger partial charge is 0.420 e. The molecule has 3 aromatic rings. The first-order chi connectivity index (χ1) is 12.5. The van der Waals surface area contributed by atoms with Crippen LogP contribution in [0.1, 0.15) is 24.7 Å². The number of sulfonamides is 1. The summed E-state index contributed by atoms with van der Waals surface area (Å²) in [4.78, 5) is 0.840. The number of hydrogen-bond donors (Lipinski definition) is 0. The molecular weight excluding hydrogens is 377 g/mol. The lowest BCUT2D eigenvalue weighted by atomic mass is 10.00. The van der Waals surface area contributed by atoms with Crippen molar-refractivity contribution in [3.63, 3.8) is 0 Å². The highest BCUT2D eigenvalue weighted by Gasteiger charge is 2.33. The fourth-order valence-electron chi connectivity index (χ4n) is 3.04. The second-order valence-electron chi connectivity index (χ2n) is 6.08. The predicted molar refractivity (Wildman–Crippen MR) is 94.7 cm³/mol. The quantitative estimate of drug-likeness (QED) is 0.678. The number of nitrogens with zero attached hydrogens (tertiary/aromatic N) is 3. The van der Waals surface area contributed by atoms with Crippen molar-refractivity contribution in [2.45, 2.75) is 23.7 Å². The molecule has 0 saturated carbocycles. The summed E-state index contributed by atoms with van der Waals surface area (Å²) in [5.74, 6) is 0.137. The van der Waals surface area contributed by atoms with Crippen LogP contribution in [0.25, 0.3) is 10.8 Å². The van der Waals surface area contributed by atoms with Gasteiger partial charge in [0.1, 0.15) is 5.82 Å². The van der Waals surface area contributed by atoms with Gasteiger partial charge in [0.15, 0.2) is 0 Å². The van der Waals surface area contributed by atoms with Crippen LogP contribution in [0.2, 0.25) is 0 Å². The second-order valence-corrected chi connectivity index (χ2v) is 8.97. The van der Waals surface area contributed by atoms with E-state index in [-0.39, 0.29) is 17.4 Å². The van der Waals surface area contributed by atoms with Crippen LogP contribution >= 0.6 is 11.3 Å². The van der Waals surface area contributed by atoms with Crippen molar-refractivity contribution in [2.75, 3.05) is 13.1 Å². The zero-order valence-electron chi connectivity index (χ0n) is 13.7. The molecule has 136 valence electrons. The van der Waals surface area contributed by atoms with Gasteiger partial charge in [0.25, 0.3) is 5.89 Å². The molecular formula is C17H16FN3O3S2. The molecule has 0 N–H and O–H groups in total. The average Bonchev–Trinajstić information content (AvgIpc) is 3.33. The summed E-state index contributed by atoms with van der Waals surface area (Å²) < 4.78 is 46.2. The third kappa shape index (κ3) is 3.29. The maximum atomic E-state index is 13.4. The summed E-state index contributed by atoms with van der Waals surface area (Å²) in [6.07, 6.45) is 1.44. The summed E-state index contributed by atoms with van der Waals surface area (Å²) >= 11 is 1.50. The number of aromatic nitrogens is 2. The molecule has 4 rings (SSSR count). The molecule has 2 aromatic heterocycles. The molecule has 1 fully saturated rings. The number of benzene rings is 1.